The highest BCUT2D eigenvalue weighted by Crippen LogP contribution is 2.52. The fourth-order valence-electron chi connectivity index (χ4n) is 2.78. The lowest BCUT2D eigenvalue weighted by Crippen LogP contribution is -2.30. The second kappa shape index (κ2) is 3.99. The number of nitrogens with zero attached hydrogens (tertiary/aromatic N) is 1. The van der Waals surface area contributed by atoms with Gasteiger partial charge in [-0.1, -0.05) is 23.7 Å². The molecule has 1 aliphatic heterocycles. The topological polar surface area (TPSA) is 57.6 Å². The molecule has 1 saturated carbocycles. The van der Waals surface area contributed by atoms with Crippen molar-refractivity contribution in [2.75, 3.05) is 6.54 Å². The SMILES string of the molecule is O=C(O)C1C2CN(Cc3ccc(Cl)cc3)C(=O)C21. The van der Waals surface area contributed by atoms with Crippen LogP contribution in [0.2, 0.25) is 5.02 Å². The quantitative estimate of drug-likeness (QED) is 0.904. The Morgan fingerprint density at radius 2 is 2.06 bits per heavy atom. The lowest BCUT2D eigenvalue weighted by molar-refractivity contribution is -0.143. The van der Waals surface area contributed by atoms with E-state index in [9.17, 15) is 9.59 Å². The third-order valence-corrected chi connectivity index (χ3v) is 4.02. The number of likely N-dealkylation sites (tertiary alicyclic amines) is 1. The first-order valence-corrected chi connectivity index (χ1v) is 6.22. The summed E-state index contributed by atoms with van der Waals surface area (Å²) in [4.78, 5) is 24.5. The number of carboxylic acid groups (broad SMARTS) is 1. The Morgan fingerprint density at radius 3 is 2.56 bits per heavy atom. The molecule has 3 rings (SSSR count). The van der Waals surface area contributed by atoms with Crippen molar-refractivity contribution < 1.29 is 14.7 Å². The van der Waals surface area contributed by atoms with Gasteiger partial charge < -0.3 is 10.0 Å². The summed E-state index contributed by atoms with van der Waals surface area (Å²) in [6.07, 6.45) is 0. The van der Waals surface area contributed by atoms with Gasteiger partial charge in [-0.2, -0.15) is 0 Å². The van der Waals surface area contributed by atoms with Crippen molar-refractivity contribution in [1.82, 2.24) is 4.90 Å². The van der Waals surface area contributed by atoms with Crippen molar-refractivity contribution in [2.45, 2.75) is 6.54 Å². The fraction of sp³-hybridized carbons (Fsp3) is 0.385. The van der Waals surface area contributed by atoms with Crippen LogP contribution in [0.25, 0.3) is 0 Å². The van der Waals surface area contributed by atoms with Crippen LogP contribution in [0.15, 0.2) is 24.3 Å². The molecule has 1 amide bonds. The minimum atomic E-state index is -0.843. The number of hydrogen-bond acceptors (Lipinski definition) is 2. The summed E-state index contributed by atoms with van der Waals surface area (Å²) in [7, 11) is 0. The number of carbonyl (C=O) groups excluding carboxylic acids is 1. The van der Waals surface area contributed by atoms with Crippen LogP contribution < -0.4 is 0 Å². The molecule has 0 aromatic heterocycles. The fourth-order valence-corrected chi connectivity index (χ4v) is 2.91. The molecular formula is C13H12ClNO3. The highest BCUT2D eigenvalue weighted by atomic mass is 35.5. The average Bonchev–Trinajstić information content (AvgIpc) is 2.96. The molecule has 5 heteroatoms. The van der Waals surface area contributed by atoms with E-state index in [-0.39, 0.29) is 17.7 Å². The van der Waals surface area contributed by atoms with Crippen molar-refractivity contribution >= 4 is 23.5 Å². The Morgan fingerprint density at radius 1 is 1.39 bits per heavy atom. The molecule has 94 valence electrons. The van der Waals surface area contributed by atoms with Gasteiger partial charge in [0.25, 0.3) is 0 Å². The van der Waals surface area contributed by atoms with E-state index in [0.29, 0.717) is 18.1 Å². The van der Waals surface area contributed by atoms with E-state index in [1.807, 2.05) is 12.1 Å². The molecule has 2 aliphatic rings. The molecule has 0 spiro atoms. The molecule has 0 radical (unpaired) electrons. The third kappa shape index (κ3) is 1.77. The summed E-state index contributed by atoms with van der Waals surface area (Å²) >= 11 is 5.80. The van der Waals surface area contributed by atoms with Crippen LogP contribution in [-0.4, -0.2) is 28.4 Å². The summed E-state index contributed by atoms with van der Waals surface area (Å²) in [5.74, 6) is -1.58. The molecule has 2 fully saturated rings. The van der Waals surface area contributed by atoms with E-state index < -0.39 is 11.9 Å². The highest BCUT2D eigenvalue weighted by molar-refractivity contribution is 6.30. The largest absolute Gasteiger partial charge is 0.481 e. The molecule has 0 bridgehead atoms. The first-order valence-electron chi connectivity index (χ1n) is 5.84. The molecule has 1 saturated heterocycles. The Labute approximate surface area is 109 Å². The third-order valence-electron chi connectivity index (χ3n) is 3.77. The maximum absolute atomic E-state index is 12.0. The van der Waals surface area contributed by atoms with Crippen molar-refractivity contribution in [3.63, 3.8) is 0 Å². The predicted octanol–water partition coefficient (Wildman–Crippen LogP) is 1.63. The van der Waals surface area contributed by atoms with E-state index in [1.165, 1.54) is 0 Å². The molecular weight excluding hydrogens is 254 g/mol. The van der Waals surface area contributed by atoms with Crippen LogP contribution in [0.3, 0.4) is 0 Å². The minimum Gasteiger partial charge on any atom is -0.481 e. The van der Waals surface area contributed by atoms with E-state index in [1.54, 1.807) is 17.0 Å². The number of fused-ring (bicyclic) bond motifs is 1. The summed E-state index contributed by atoms with van der Waals surface area (Å²) in [5.41, 5.74) is 1.01. The van der Waals surface area contributed by atoms with Gasteiger partial charge in [-0.05, 0) is 17.7 Å². The normalized spacial score (nSPS) is 29.3. The first-order chi connectivity index (χ1) is 8.58. The maximum Gasteiger partial charge on any atom is 0.307 e. The molecule has 1 heterocycles. The van der Waals surface area contributed by atoms with Gasteiger partial charge in [-0.25, -0.2) is 0 Å². The van der Waals surface area contributed by atoms with Crippen molar-refractivity contribution in [3.05, 3.63) is 34.9 Å². The molecule has 1 N–H and O–H groups in total. The van der Waals surface area contributed by atoms with Gasteiger partial charge in [-0.3, -0.25) is 9.59 Å². The van der Waals surface area contributed by atoms with Crippen molar-refractivity contribution in [1.29, 1.82) is 0 Å². The second-order valence-electron chi connectivity index (χ2n) is 4.90. The Balaban J connectivity index is 1.66. The number of carbonyl (C=O) groups is 2. The predicted molar refractivity (Wildman–Crippen MR) is 65.0 cm³/mol. The zero-order chi connectivity index (χ0) is 12.9. The van der Waals surface area contributed by atoms with Crippen LogP contribution in [-0.2, 0) is 16.1 Å². The number of rotatable bonds is 3. The summed E-state index contributed by atoms with van der Waals surface area (Å²) < 4.78 is 0. The highest BCUT2D eigenvalue weighted by Gasteiger charge is 2.64. The smallest absolute Gasteiger partial charge is 0.307 e. The minimum absolute atomic E-state index is 0.0160. The lowest BCUT2D eigenvalue weighted by atomic mass is 10.2. The lowest BCUT2D eigenvalue weighted by Gasteiger charge is -2.19. The molecule has 1 aromatic rings. The zero-order valence-corrected chi connectivity index (χ0v) is 10.3. The molecule has 1 aromatic carbocycles. The molecule has 18 heavy (non-hydrogen) atoms. The number of aliphatic carboxylic acids is 1. The van der Waals surface area contributed by atoms with Crippen LogP contribution in [0.1, 0.15) is 5.56 Å². The van der Waals surface area contributed by atoms with Crippen molar-refractivity contribution in [2.24, 2.45) is 17.8 Å². The number of halogens is 1. The van der Waals surface area contributed by atoms with E-state index in [2.05, 4.69) is 0 Å². The molecule has 3 atom stereocenters. The maximum atomic E-state index is 12.0. The van der Waals surface area contributed by atoms with E-state index in [4.69, 9.17) is 16.7 Å². The molecule has 4 nitrogen and oxygen atoms in total. The first kappa shape index (κ1) is 11.5. The number of benzene rings is 1. The zero-order valence-electron chi connectivity index (χ0n) is 9.54. The standard InChI is InChI=1S/C13H12ClNO3/c14-8-3-1-7(2-4-8)5-15-6-9-10(12(15)16)11(9)13(17)18/h1-4,9-11H,5-6H2,(H,17,18). The Hall–Kier alpha value is -1.55. The van der Waals surface area contributed by atoms with Gasteiger partial charge in [0.15, 0.2) is 0 Å². The van der Waals surface area contributed by atoms with E-state index >= 15 is 0 Å². The number of carboxylic acids is 1. The molecule has 1 aliphatic carbocycles. The van der Waals surface area contributed by atoms with Gasteiger partial charge in [-0.15, -0.1) is 0 Å². The van der Waals surface area contributed by atoms with Crippen LogP contribution in [0.4, 0.5) is 0 Å². The van der Waals surface area contributed by atoms with Gasteiger partial charge in [0.2, 0.25) is 5.91 Å². The van der Waals surface area contributed by atoms with Crippen LogP contribution >= 0.6 is 11.6 Å². The number of hydrogen-bond donors (Lipinski definition) is 1. The summed E-state index contributed by atoms with van der Waals surface area (Å²) in [6.45, 7) is 1.10. The van der Waals surface area contributed by atoms with Crippen LogP contribution in [0, 0.1) is 17.8 Å². The Bertz CT molecular complexity index is 513. The van der Waals surface area contributed by atoms with Crippen LogP contribution in [0.5, 0.6) is 0 Å². The number of amides is 1. The van der Waals surface area contributed by atoms with Gasteiger partial charge in [0.1, 0.15) is 0 Å². The Kier molecular flexibility index (Phi) is 2.55. The van der Waals surface area contributed by atoms with Crippen molar-refractivity contribution in [3.8, 4) is 0 Å². The molecule has 3 unspecified atom stereocenters. The average molecular weight is 266 g/mol. The number of piperidine rings is 1. The monoisotopic (exact) mass is 265 g/mol. The summed E-state index contributed by atoms with van der Waals surface area (Å²) in [5, 5.41) is 9.56. The van der Waals surface area contributed by atoms with Gasteiger partial charge in [0, 0.05) is 24.0 Å². The van der Waals surface area contributed by atoms with Gasteiger partial charge in [0.05, 0.1) is 11.8 Å². The van der Waals surface area contributed by atoms with Gasteiger partial charge >= 0.3 is 5.97 Å². The second-order valence-corrected chi connectivity index (χ2v) is 5.34. The summed E-state index contributed by atoms with van der Waals surface area (Å²) in [6, 6.07) is 7.35. The van der Waals surface area contributed by atoms with E-state index in [0.717, 1.165) is 5.56 Å².